The van der Waals surface area contributed by atoms with Gasteiger partial charge in [0.2, 0.25) is 0 Å². The number of nitrogens with zero attached hydrogens (tertiary/aromatic N) is 3. The maximum absolute atomic E-state index is 13.9. The van der Waals surface area contributed by atoms with Crippen molar-refractivity contribution in [3.05, 3.63) is 77.6 Å². The third-order valence-corrected chi connectivity index (χ3v) is 5.74. The molecule has 0 fully saturated rings. The van der Waals surface area contributed by atoms with E-state index in [4.69, 9.17) is 21.1 Å². The number of benzene rings is 3. The van der Waals surface area contributed by atoms with E-state index < -0.39 is 23.5 Å². The molecule has 0 amide bonds. The highest BCUT2D eigenvalue weighted by Crippen LogP contribution is 2.35. The number of aromatic nitrogens is 2. The molecule has 1 aliphatic heterocycles. The summed E-state index contributed by atoms with van der Waals surface area (Å²) in [5.41, 5.74) is 1.96. The fraction of sp³-hybridized carbons (Fsp3) is 0.160. The van der Waals surface area contributed by atoms with E-state index >= 15 is 0 Å². The van der Waals surface area contributed by atoms with Gasteiger partial charge in [0.15, 0.2) is 17.4 Å². The van der Waals surface area contributed by atoms with Crippen LogP contribution in [-0.4, -0.2) is 39.8 Å². The van der Waals surface area contributed by atoms with Gasteiger partial charge in [0.25, 0.3) is 6.02 Å². The van der Waals surface area contributed by atoms with Gasteiger partial charge in [0.05, 0.1) is 16.6 Å². The van der Waals surface area contributed by atoms with E-state index in [0.29, 0.717) is 40.7 Å². The Morgan fingerprint density at radius 1 is 1.06 bits per heavy atom. The van der Waals surface area contributed by atoms with Gasteiger partial charge in [0.1, 0.15) is 30.5 Å². The van der Waals surface area contributed by atoms with Crippen LogP contribution in [-0.2, 0) is 4.74 Å². The number of aliphatic imine (C=N–C) groups is 1. The Morgan fingerprint density at radius 2 is 1.81 bits per heavy atom. The van der Waals surface area contributed by atoms with Crippen LogP contribution in [0.15, 0.2) is 65.9 Å². The highest BCUT2D eigenvalue weighted by Gasteiger charge is 2.23. The predicted octanol–water partition coefficient (Wildman–Crippen LogP) is 5.64. The summed E-state index contributed by atoms with van der Waals surface area (Å²) in [5.74, 6) is -1.60. The van der Waals surface area contributed by atoms with Crippen molar-refractivity contribution in [3.8, 4) is 11.5 Å². The standard InChI is InChI=1S/C25H20ClF2N5O3/c1-13(34)21-11-35-25(33-21)32-14-5-7-20-16(9-14)24(30-12-29-20)31-15-6-8-22(17(26)10-15)36-23-18(27)3-2-4-19(23)28/h2-10,12-13,21,34H,11H2,1H3,(H,32,33)(H,29,30,31)/t13-,21?/m1/s1. The number of anilines is 3. The van der Waals surface area contributed by atoms with E-state index in [-0.39, 0.29) is 16.8 Å². The smallest absolute Gasteiger partial charge is 0.289 e. The lowest BCUT2D eigenvalue weighted by Gasteiger charge is -2.13. The second-order valence-electron chi connectivity index (χ2n) is 8.06. The number of hydrogen-bond donors (Lipinski definition) is 3. The first kappa shape index (κ1) is 23.7. The summed E-state index contributed by atoms with van der Waals surface area (Å²) < 4.78 is 38.7. The number of amidine groups is 1. The molecule has 11 heteroatoms. The van der Waals surface area contributed by atoms with Gasteiger partial charge in [-0.2, -0.15) is 0 Å². The Kier molecular flexibility index (Phi) is 6.53. The normalized spacial score (nSPS) is 15.8. The van der Waals surface area contributed by atoms with Gasteiger partial charge in [-0.15, -0.1) is 0 Å². The first-order valence-electron chi connectivity index (χ1n) is 11.0. The summed E-state index contributed by atoms with van der Waals surface area (Å²) in [6.07, 6.45) is 0.814. The molecule has 0 spiro atoms. The van der Waals surface area contributed by atoms with Crippen LogP contribution in [0, 0.1) is 11.6 Å². The zero-order valence-corrected chi connectivity index (χ0v) is 19.6. The maximum Gasteiger partial charge on any atom is 0.289 e. The summed E-state index contributed by atoms with van der Waals surface area (Å²) in [6.45, 7) is 1.96. The molecule has 8 nitrogen and oxygen atoms in total. The molecule has 0 bridgehead atoms. The van der Waals surface area contributed by atoms with E-state index in [2.05, 4.69) is 25.6 Å². The van der Waals surface area contributed by atoms with Gasteiger partial charge in [-0.25, -0.2) is 23.7 Å². The molecule has 4 aromatic rings. The van der Waals surface area contributed by atoms with Crippen LogP contribution in [0.2, 0.25) is 5.02 Å². The minimum Gasteiger partial charge on any atom is -0.463 e. The van der Waals surface area contributed by atoms with Crippen LogP contribution in [0.1, 0.15) is 6.92 Å². The summed E-state index contributed by atoms with van der Waals surface area (Å²) in [7, 11) is 0. The zero-order chi connectivity index (χ0) is 25.2. The molecule has 0 saturated carbocycles. The van der Waals surface area contributed by atoms with Crippen molar-refractivity contribution < 1.29 is 23.4 Å². The number of aliphatic hydroxyl groups excluding tert-OH is 1. The first-order valence-corrected chi connectivity index (χ1v) is 11.3. The second-order valence-corrected chi connectivity index (χ2v) is 8.46. The minimum atomic E-state index is -0.833. The monoisotopic (exact) mass is 511 g/mol. The summed E-state index contributed by atoms with van der Waals surface area (Å²) in [5, 5.41) is 16.8. The average Bonchev–Trinajstić information content (AvgIpc) is 3.32. The van der Waals surface area contributed by atoms with Crippen LogP contribution in [0.4, 0.5) is 26.0 Å². The van der Waals surface area contributed by atoms with Crippen molar-refractivity contribution in [2.45, 2.75) is 19.1 Å². The van der Waals surface area contributed by atoms with Crippen molar-refractivity contribution in [2.75, 3.05) is 17.2 Å². The third-order valence-electron chi connectivity index (χ3n) is 5.44. The zero-order valence-electron chi connectivity index (χ0n) is 18.9. The van der Waals surface area contributed by atoms with Gasteiger partial charge in [-0.05, 0) is 55.5 Å². The van der Waals surface area contributed by atoms with Gasteiger partial charge in [-0.3, -0.25) is 0 Å². The largest absolute Gasteiger partial charge is 0.463 e. The first-order chi connectivity index (χ1) is 17.4. The molecule has 2 atom stereocenters. The lowest BCUT2D eigenvalue weighted by Crippen LogP contribution is -2.21. The Hall–Kier alpha value is -4.02. The molecule has 2 heterocycles. The topological polar surface area (TPSA) is 101 Å². The van der Waals surface area contributed by atoms with Crippen LogP contribution < -0.4 is 15.4 Å². The van der Waals surface area contributed by atoms with Gasteiger partial charge in [0, 0.05) is 16.8 Å². The Bertz CT molecular complexity index is 1450. The minimum absolute atomic E-state index is 0.0955. The van der Waals surface area contributed by atoms with Crippen molar-refractivity contribution in [1.82, 2.24) is 9.97 Å². The van der Waals surface area contributed by atoms with E-state index in [1.165, 1.54) is 18.5 Å². The molecule has 0 saturated heterocycles. The molecule has 1 aromatic heterocycles. The Balaban J connectivity index is 1.38. The molecule has 5 rings (SSSR count). The fourth-order valence-corrected chi connectivity index (χ4v) is 3.77. The highest BCUT2D eigenvalue weighted by molar-refractivity contribution is 6.32. The molecule has 1 aliphatic rings. The molecule has 0 aliphatic carbocycles. The van der Waals surface area contributed by atoms with Crippen LogP contribution in [0.5, 0.6) is 11.5 Å². The van der Waals surface area contributed by atoms with E-state index in [0.717, 1.165) is 12.1 Å². The van der Waals surface area contributed by atoms with E-state index in [9.17, 15) is 13.9 Å². The van der Waals surface area contributed by atoms with Gasteiger partial charge in [-0.1, -0.05) is 17.7 Å². The molecule has 3 aromatic carbocycles. The van der Waals surface area contributed by atoms with Crippen LogP contribution in [0.3, 0.4) is 0 Å². The highest BCUT2D eigenvalue weighted by atomic mass is 35.5. The van der Waals surface area contributed by atoms with Crippen molar-refractivity contribution in [1.29, 1.82) is 0 Å². The fourth-order valence-electron chi connectivity index (χ4n) is 3.55. The summed E-state index contributed by atoms with van der Waals surface area (Å²) in [6, 6.07) is 13.6. The second kappa shape index (κ2) is 9.92. The van der Waals surface area contributed by atoms with E-state index in [1.54, 1.807) is 19.1 Å². The number of halogens is 3. The molecule has 184 valence electrons. The van der Waals surface area contributed by atoms with E-state index in [1.807, 2.05) is 18.2 Å². The quantitative estimate of drug-likeness (QED) is 0.308. The number of rotatable bonds is 6. The summed E-state index contributed by atoms with van der Waals surface area (Å²) in [4.78, 5) is 13.0. The van der Waals surface area contributed by atoms with Gasteiger partial charge >= 0.3 is 0 Å². The molecule has 3 N–H and O–H groups in total. The number of nitrogens with one attached hydrogen (secondary N) is 2. The molecule has 0 radical (unpaired) electrons. The SMILES string of the molecule is C[C@@H](O)C1COC(Nc2ccc3ncnc(Nc4ccc(Oc5c(F)cccc5F)c(Cl)c4)c3c2)=N1. The number of ether oxygens (including phenoxy) is 2. The van der Waals surface area contributed by atoms with Crippen molar-refractivity contribution in [2.24, 2.45) is 4.99 Å². The number of para-hydroxylation sites is 1. The summed E-state index contributed by atoms with van der Waals surface area (Å²) >= 11 is 6.33. The van der Waals surface area contributed by atoms with Gasteiger partial charge < -0.3 is 25.2 Å². The maximum atomic E-state index is 13.9. The number of fused-ring (bicyclic) bond motifs is 1. The lowest BCUT2D eigenvalue weighted by molar-refractivity contribution is 0.145. The average molecular weight is 512 g/mol. The van der Waals surface area contributed by atoms with Crippen molar-refractivity contribution in [3.63, 3.8) is 0 Å². The van der Waals surface area contributed by atoms with Crippen molar-refractivity contribution >= 4 is 45.7 Å². The molecular weight excluding hydrogens is 492 g/mol. The number of hydrogen-bond acceptors (Lipinski definition) is 8. The lowest BCUT2D eigenvalue weighted by atomic mass is 10.2. The third kappa shape index (κ3) is 5.00. The Morgan fingerprint density at radius 3 is 2.53 bits per heavy atom. The number of aliphatic hydroxyl groups is 1. The van der Waals surface area contributed by atoms with Crippen LogP contribution in [0.25, 0.3) is 10.9 Å². The molecular formula is C25H20ClF2N5O3. The predicted molar refractivity (Wildman–Crippen MR) is 133 cm³/mol. The molecule has 1 unspecified atom stereocenters. The molecule has 36 heavy (non-hydrogen) atoms. The Labute approximate surface area is 209 Å². The van der Waals surface area contributed by atoms with Crippen LogP contribution >= 0.6 is 11.6 Å².